The lowest BCUT2D eigenvalue weighted by Gasteiger charge is -2.36. The molecule has 3 nitrogen and oxygen atoms in total. The second-order valence-electron chi connectivity index (χ2n) is 7.68. The predicted octanol–water partition coefficient (Wildman–Crippen LogP) is 4.62. The molecule has 4 rings (SSSR count). The molecule has 1 aliphatic carbocycles. The topological polar surface area (TPSA) is 19.4 Å². The van der Waals surface area contributed by atoms with Gasteiger partial charge in [-0.1, -0.05) is 24.3 Å². The fourth-order valence-electron chi connectivity index (χ4n) is 4.18. The molecule has 1 fully saturated rings. The van der Waals surface area contributed by atoms with Crippen molar-refractivity contribution in [3.8, 4) is 0 Å². The molecule has 1 unspecified atom stereocenters. The Balaban J connectivity index is 1.21. The van der Waals surface area contributed by atoms with Crippen LogP contribution in [-0.2, 0) is 0 Å². The average Bonchev–Trinajstić information content (AvgIpc) is 2.74. The summed E-state index contributed by atoms with van der Waals surface area (Å²) in [6, 6.07) is 13.1. The number of benzene rings is 1. The monoisotopic (exact) mass is 365 g/mol. The maximum atomic E-state index is 13.1. The molecule has 4 heteroatoms. The zero-order valence-electron chi connectivity index (χ0n) is 15.9. The summed E-state index contributed by atoms with van der Waals surface area (Å²) in [7, 11) is 0. The highest BCUT2D eigenvalue weighted by molar-refractivity contribution is 5.66. The molecule has 2 aliphatic rings. The first-order valence-corrected chi connectivity index (χ1v) is 10.1. The highest BCUT2D eigenvalue weighted by Crippen LogP contribution is 2.32. The molecular formula is C23H28FN3. The minimum atomic E-state index is -0.156. The smallest absolute Gasteiger partial charge is 0.128 e. The maximum absolute atomic E-state index is 13.1. The first-order valence-electron chi connectivity index (χ1n) is 10.1. The molecule has 2 aromatic rings. The Labute approximate surface area is 161 Å². The molecular weight excluding hydrogens is 337 g/mol. The van der Waals surface area contributed by atoms with Gasteiger partial charge >= 0.3 is 0 Å². The van der Waals surface area contributed by atoms with E-state index in [-0.39, 0.29) is 5.82 Å². The van der Waals surface area contributed by atoms with Gasteiger partial charge < -0.3 is 4.90 Å². The van der Waals surface area contributed by atoms with E-state index in [1.165, 1.54) is 30.5 Å². The van der Waals surface area contributed by atoms with Gasteiger partial charge in [0, 0.05) is 32.4 Å². The Morgan fingerprint density at radius 3 is 2.48 bits per heavy atom. The molecule has 1 saturated heterocycles. The summed E-state index contributed by atoms with van der Waals surface area (Å²) in [5.41, 5.74) is 2.57. The Bertz CT molecular complexity index is 749. The molecule has 1 aromatic heterocycles. The number of aromatic nitrogens is 1. The van der Waals surface area contributed by atoms with Gasteiger partial charge in [0.25, 0.3) is 0 Å². The Morgan fingerprint density at radius 1 is 1.00 bits per heavy atom. The second-order valence-corrected chi connectivity index (χ2v) is 7.68. The summed E-state index contributed by atoms with van der Waals surface area (Å²) in [4.78, 5) is 9.44. The van der Waals surface area contributed by atoms with E-state index < -0.39 is 0 Å². The van der Waals surface area contributed by atoms with Crippen LogP contribution < -0.4 is 4.90 Å². The van der Waals surface area contributed by atoms with Crippen LogP contribution in [0.5, 0.6) is 0 Å². The summed E-state index contributed by atoms with van der Waals surface area (Å²) in [6.07, 6.45) is 9.04. The van der Waals surface area contributed by atoms with Gasteiger partial charge in [0.2, 0.25) is 0 Å². The summed E-state index contributed by atoms with van der Waals surface area (Å²) >= 11 is 0. The lowest BCUT2D eigenvalue weighted by atomic mass is 9.85. The summed E-state index contributed by atoms with van der Waals surface area (Å²) in [6.45, 7) is 5.58. The third-order valence-electron chi connectivity index (χ3n) is 5.93. The van der Waals surface area contributed by atoms with E-state index in [0.717, 1.165) is 50.8 Å². The van der Waals surface area contributed by atoms with E-state index in [2.05, 4.69) is 33.0 Å². The quantitative estimate of drug-likeness (QED) is 0.771. The lowest BCUT2D eigenvalue weighted by Crippen LogP contribution is -2.47. The van der Waals surface area contributed by atoms with Crippen molar-refractivity contribution in [1.82, 2.24) is 9.88 Å². The number of piperazine rings is 1. The van der Waals surface area contributed by atoms with E-state index in [1.54, 1.807) is 12.1 Å². The van der Waals surface area contributed by atoms with Crippen molar-refractivity contribution in [2.75, 3.05) is 37.6 Å². The highest BCUT2D eigenvalue weighted by atomic mass is 19.1. The Kier molecular flexibility index (Phi) is 5.83. The molecule has 0 spiro atoms. The molecule has 1 atom stereocenters. The maximum Gasteiger partial charge on any atom is 0.128 e. The van der Waals surface area contributed by atoms with Crippen LogP contribution >= 0.6 is 0 Å². The van der Waals surface area contributed by atoms with Crippen LogP contribution in [-0.4, -0.2) is 42.6 Å². The lowest BCUT2D eigenvalue weighted by molar-refractivity contribution is 0.234. The molecule has 0 N–H and O–H groups in total. The second kappa shape index (κ2) is 8.66. The molecule has 1 aromatic carbocycles. The third kappa shape index (κ3) is 4.75. The number of rotatable bonds is 5. The number of nitrogens with zero attached hydrogens (tertiary/aromatic N) is 3. The van der Waals surface area contributed by atoms with E-state index in [4.69, 9.17) is 0 Å². The van der Waals surface area contributed by atoms with Crippen LogP contribution in [0.25, 0.3) is 5.57 Å². The van der Waals surface area contributed by atoms with Gasteiger partial charge in [0.15, 0.2) is 0 Å². The predicted molar refractivity (Wildman–Crippen MR) is 109 cm³/mol. The summed E-state index contributed by atoms with van der Waals surface area (Å²) in [5, 5.41) is 0. The number of pyridine rings is 1. The van der Waals surface area contributed by atoms with E-state index in [1.807, 2.05) is 24.4 Å². The van der Waals surface area contributed by atoms with E-state index in [0.29, 0.717) is 0 Å². The van der Waals surface area contributed by atoms with E-state index >= 15 is 0 Å². The van der Waals surface area contributed by atoms with Crippen LogP contribution in [0.3, 0.4) is 0 Å². The summed E-state index contributed by atoms with van der Waals surface area (Å²) < 4.78 is 13.1. The first-order chi connectivity index (χ1) is 13.3. The number of hydrogen-bond donors (Lipinski definition) is 0. The SMILES string of the molecule is Fc1ccc(C2=CCC(CCN3CCN(c4ccccn4)CC3)CC2)cc1. The van der Waals surface area contributed by atoms with Gasteiger partial charge in [-0.2, -0.15) is 0 Å². The number of hydrogen-bond acceptors (Lipinski definition) is 3. The first kappa shape index (κ1) is 18.2. The standard InChI is InChI=1S/C23H28FN3/c24-22-10-8-21(9-11-22)20-6-4-19(5-7-20)12-14-26-15-17-27(18-16-26)23-3-1-2-13-25-23/h1-3,6,8-11,13,19H,4-5,7,12,14-18H2. The molecule has 0 radical (unpaired) electrons. The van der Waals surface area contributed by atoms with Crippen molar-refractivity contribution < 1.29 is 4.39 Å². The van der Waals surface area contributed by atoms with Crippen molar-refractivity contribution >= 4 is 11.4 Å². The fraction of sp³-hybridized carbons (Fsp3) is 0.435. The zero-order valence-corrected chi connectivity index (χ0v) is 15.9. The van der Waals surface area contributed by atoms with Gasteiger partial charge in [-0.3, -0.25) is 4.90 Å². The van der Waals surface area contributed by atoms with Crippen molar-refractivity contribution in [2.24, 2.45) is 5.92 Å². The fourth-order valence-corrected chi connectivity index (χ4v) is 4.18. The van der Waals surface area contributed by atoms with Gasteiger partial charge in [-0.05, 0) is 73.5 Å². The average molecular weight is 365 g/mol. The molecule has 0 saturated carbocycles. The zero-order chi connectivity index (χ0) is 18.5. The normalized spacial score (nSPS) is 21.1. The van der Waals surface area contributed by atoms with Gasteiger partial charge in [-0.25, -0.2) is 9.37 Å². The van der Waals surface area contributed by atoms with Crippen molar-refractivity contribution in [2.45, 2.75) is 25.7 Å². The van der Waals surface area contributed by atoms with Crippen LogP contribution in [0.15, 0.2) is 54.7 Å². The van der Waals surface area contributed by atoms with Crippen LogP contribution in [0.2, 0.25) is 0 Å². The summed E-state index contributed by atoms with van der Waals surface area (Å²) in [5.74, 6) is 1.72. The largest absolute Gasteiger partial charge is 0.354 e. The minimum absolute atomic E-state index is 0.156. The molecule has 27 heavy (non-hydrogen) atoms. The number of anilines is 1. The number of halogens is 1. The number of allylic oxidation sites excluding steroid dienone is 2. The Hall–Kier alpha value is -2.20. The Morgan fingerprint density at radius 2 is 1.81 bits per heavy atom. The van der Waals surface area contributed by atoms with Gasteiger partial charge in [0.1, 0.15) is 11.6 Å². The minimum Gasteiger partial charge on any atom is -0.354 e. The van der Waals surface area contributed by atoms with Crippen LogP contribution in [0, 0.1) is 11.7 Å². The third-order valence-corrected chi connectivity index (χ3v) is 5.93. The molecule has 1 aliphatic heterocycles. The molecule has 0 amide bonds. The van der Waals surface area contributed by atoms with E-state index in [9.17, 15) is 4.39 Å². The molecule has 2 heterocycles. The van der Waals surface area contributed by atoms with Crippen LogP contribution in [0.4, 0.5) is 10.2 Å². The van der Waals surface area contributed by atoms with Crippen molar-refractivity contribution in [1.29, 1.82) is 0 Å². The van der Waals surface area contributed by atoms with Crippen molar-refractivity contribution in [3.05, 3.63) is 66.1 Å². The van der Waals surface area contributed by atoms with Crippen molar-refractivity contribution in [3.63, 3.8) is 0 Å². The van der Waals surface area contributed by atoms with Gasteiger partial charge in [-0.15, -0.1) is 0 Å². The highest BCUT2D eigenvalue weighted by Gasteiger charge is 2.20. The molecule has 142 valence electrons. The van der Waals surface area contributed by atoms with Gasteiger partial charge in [0.05, 0.1) is 0 Å². The van der Waals surface area contributed by atoms with Crippen LogP contribution in [0.1, 0.15) is 31.2 Å². The molecule has 0 bridgehead atoms.